The molecule has 8 heteroatoms. The van der Waals surface area contributed by atoms with Crippen molar-refractivity contribution in [3.05, 3.63) is 0 Å². The van der Waals surface area contributed by atoms with Gasteiger partial charge in [-0.15, -0.1) is 16.4 Å². The van der Waals surface area contributed by atoms with Crippen LogP contribution in [0.1, 0.15) is 0 Å². The fourth-order valence-electron chi connectivity index (χ4n) is 2.18. The first-order valence-electron chi connectivity index (χ1n) is 5.52. The monoisotopic (exact) mass is 227 g/mol. The van der Waals surface area contributed by atoms with Crippen molar-refractivity contribution >= 4 is 110 Å². The molecule has 0 fully saturated rings. The number of hydrogen-bond acceptors (Lipinski definition) is 1. The molecule has 2 aromatic rings. The minimum atomic E-state index is 0.183. The van der Waals surface area contributed by atoms with Gasteiger partial charge in [-0.1, -0.05) is 21.9 Å². The third-order valence-corrected chi connectivity index (χ3v) is 3.28. The van der Waals surface area contributed by atoms with Crippen LogP contribution >= 0.6 is 0 Å². The highest BCUT2D eigenvalue weighted by Crippen LogP contribution is 2.13. The van der Waals surface area contributed by atoms with Crippen molar-refractivity contribution in [1.82, 2.24) is 0 Å². The van der Waals surface area contributed by atoms with Crippen LogP contribution in [0.2, 0.25) is 0 Å². The van der Waals surface area contributed by atoms with Crippen LogP contribution in [-0.2, 0) is 0 Å². The van der Waals surface area contributed by atoms with Gasteiger partial charge in [0.25, 0.3) is 0 Å². The first-order chi connectivity index (χ1) is 8.82. The van der Waals surface area contributed by atoms with Gasteiger partial charge in [0.05, 0.1) is 0 Å². The Kier molecular flexibility index (Phi) is 3.64. The SMILES string of the molecule is [B]c1c([B])c([B])c2c(NC)c([B])c([B])c([B])c2c1[B]. The average Bonchev–Trinajstić information content (AvgIpc) is 2.40. The van der Waals surface area contributed by atoms with Gasteiger partial charge in [-0.25, -0.2) is 0 Å². The van der Waals surface area contributed by atoms with E-state index in [1.54, 1.807) is 7.05 Å². The second-order valence-electron chi connectivity index (χ2n) is 4.27. The molecule has 0 unspecified atom stereocenters. The van der Waals surface area contributed by atoms with Gasteiger partial charge < -0.3 is 5.32 Å². The molecule has 0 aromatic heterocycles. The van der Waals surface area contributed by atoms with Crippen LogP contribution in [-0.4, -0.2) is 62.0 Å². The van der Waals surface area contributed by atoms with Crippen molar-refractivity contribution in [1.29, 1.82) is 0 Å². The van der Waals surface area contributed by atoms with Crippen molar-refractivity contribution in [3.8, 4) is 0 Å². The Labute approximate surface area is 122 Å². The predicted octanol–water partition coefficient (Wildman–Crippen LogP) is -5.56. The zero-order valence-electron chi connectivity index (χ0n) is 10.5. The third-order valence-electron chi connectivity index (χ3n) is 3.28. The number of nitrogens with one attached hydrogen (secondary N) is 1. The minimum absolute atomic E-state index is 0.183. The second-order valence-corrected chi connectivity index (χ2v) is 4.27. The standard InChI is InChI=1S/C11H4B7N/c1-19-11-3-2(5(13)9(17)10(11)18)4(12)7(15)8(16)6(3)14/h19H,1H3. The molecule has 0 saturated carbocycles. The van der Waals surface area contributed by atoms with Gasteiger partial charge in [-0.05, 0) is 10.8 Å². The van der Waals surface area contributed by atoms with E-state index in [0.717, 1.165) is 0 Å². The number of fused-ring (bicyclic) bond motifs is 1. The van der Waals surface area contributed by atoms with E-state index in [2.05, 4.69) is 5.32 Å². The van der Waals surface area contributed by atoms with Crippen LogP contribution in [0, 0.1) is 0 Å². The molecule has 1 nitrogen and oxygen atoms in total. The van der Waals surface area contributed by atoms with Crippen molar-refractivity contribution in [2.24, 2.45) is 0 Å². The van der Waals surface area contributed by atoms with Gasteiger partial charge in [-0.3, -0.25) is 0 Å². The van der Waals surface area contributed by atoms with E-state index in [1.807, 2.05) is 0 Å². The first-order valence-corrected chi connectivity index (χ1v) is 5.52. The lowest BCUT2D eigenvalue weighted by atomic mass is 9.60. The number of benzene rings is 2. The summed E-state index contributed by atoms with van der Waals surface area (Å²) in [6.45, 7) is 0. The van der Waals surface area contributed by atoms with Crippen molar-refractivity contribution < 1.29 is 0 Å². The van der Waals surface area contributed by atoms with Gasteiger partial charge in [0, 0.05) is 12.7 Å². The van der Waals surface area contributed by atoms with Crippen molar-refractivity contribution in [2.75, 3.05) is 12.4 Å². The molecular formula is C11H4B7N. The molecule has 2 aromatic carbocycles. The zero-order chi connectivity index (χ0) is 14.5. The predicted molar refractivity (Wildman–Crippen MR) is 91.2 cm³/mol. The zero-order valence-corrected chi connectivity index (χ0v) is 10.5. The summed E-state index contributed by atoms with van der Waals surface area (Å²) < 4.78 is 0. The van der Waals surface area contributed by atoms with E-state index in [9.17, 15) is 0 Å². The minimum Gasteiger partial charge on any atom is -0.388 e. The molecule has 0 aliphatic rings. The highest BCUT2D eigenvalue weighted by Gasteiger charge is 2.15. The normalized spacial score (nSPS) is 10.8. The van der Waals surface area contributed by atoms with E-state index in [0.29, 0.717) is 21.9 Å². The highest BCUT2D eigenvalue weighted by molar-refractivity contribution is 6.71. The maximum absolute atomic E-state index is 6.00. The number of anilines is 1. The lowest BCUT2D eigenvalue weighted by Gasteiger charge is -2.24. The molecule has 0 amide bonds. The lowest BCUT2D eigenvalue weighted by Crippen LogP contribution is -2.52. The molecule has 14 radical (unpaired) electrons. The smallest absolute Gasteiger partial charge is 0.115 e. The molecule has 0 atom stereocenters. The van der Waals surface area contributed by atoms with Crippen LogP contribution in [0.15, 0.2) is 0 Å². The maximum Gasteiger partial charge on any atom is 0.115 e. The molecular weight excluding hydrogens is 222 g/mol. The van der Waals surface area contributed by atoms with Gasteiger partial charge in [-0.2, -0.15) is 0 Å². The Bertz CT molecular complexity index is 688. The molecule has 1 N–H and O–H groups in total. The Hall–Kier alpha value is -1.05. The summed E-state index contributed by atoms with van der Waals surface area (Å²) in [5.41, 5.74) is 2.18. The van der Waals surface area contributed by atoms with E-state index in [-0.39, 0.29) is 32.8 Å². The number of rotatable bonds is 1. The van der Waals surface area contributed by atoms with E-state index in [1.165, 1.54) is 0 Å². The van der Waals surface area contributed by atoms with Crippen molar-refractivity contribution in [3.63, 3.8) is 0 Å². The number of hydrogen-bond donors (Lipinski definition) is 1. The average molecular weight is 226 g/mol. The molecule has 0 aliphatic carbocycles. The molecule has 0 heterocycles. The van der Waals surface area contributed by atoms with Crippen LogP contribution in [0.25, 0.3) is 10.8 Å². The first kappa shape index (κ1) is 14.4. The summed E-state index contributed by atoms with van der Waals surface area (Å²) in [6, 6.07) is 0. The largest absolute Gasteiger partial charge is 0.388 e. The Morgan fingerprint density at radius 3 is 1.32 bits per heavy atom. The van der Waals surface area contributed by atoms with E-state index in [4.69, 9.17) is 54.9 Å². The highest BCUT2D eigenvalue weighted by atomic mass is 14.8. The quantitative estimate of drug-likeness (QED) is 0.478. The summed E-state index contributed by atoms with van der Waals surface area (Å²) in [7, 11) is 43.1. The molecule has 0 aliphatic heterocycles. The Balaban J connectivity index is 3.21. The summed E-state index contributed by atoms with van der Waals surface area (Å²) >= 11 is 0. The fraction of sp³-hybridized carbons (Fsp3) is 0.0909. The van der Waals surface area contributed by atoms with Gasteiger partial charge in [0.15, 0.2) is 0 Å². The van der Waals surface area contributed by atoms with Gasteiger partial charge >= 0.3 is 0 Å². The molecule has 19 heavy (non-hydrogen) atoms. The Morgan fingerprint density at radius 2 is 0.895 bits per heavy atom. The third kappa shape index (κ3) is 1.88. The van der Waals surface area contributed by atoms with Gasteiger partial charge in [0.1, 0.15) is 54.9 Å². The van der Waals surface area contributed by atoms with Crippen LogP contribution in [0.3, 0.4) is 0 Å². The van der Waals surface area contributed by atoms with E-state index >= 15 is 0 Å². The molecule has 0 bridgehead atoms. The maximum atomic E-state index is 6.00. The van der Waals surface area contributed by atoms with Crippen LogP contribution in [0.5, 0.6) is 0 Å². The molecule has 2 rings (SSSR count). The van der Waals surface area contributed by atoms with Crippen LogP contribution < -0.4 is 43.6 Å². The topological polar surface area (TPSA) is 12.0 Å². The fourth-order valence-corrected chi connectivity index (χ4v) is 2.18. The Morgan fingerprint density at radius 1 is 0.526 bits per heavy atom. The van der Waals surface area contributed by atoms with E-state index < -0.39 is 0 Å². The molecule has 0 spiro atoms. The summed E-state index contributed by atoms with van der Waals surface area (Å²) in [5.74, 6) is 0. The van der Waals surface area contributed by atoms with Crippen LogP contribution in [0.4, 0.5) is 5.69 Å². The van der Waals surface area contributed by atoms with Gasteiger partial charge in [0.2, 0.25) is 0 Å². The molecule has 0 saturated heterocycles. The van der Waals surface area contributed by atoms with Crippen molar-refractivity contribution in [2.45, 2.75) is 0 Å². The summed E-state index contributed by atoms with van der Waals surface area (Å²) in [4.78, 5) is 0. The molecule has 74 valence electrons. The lowest BCUT2D eigenvalue weighted by molar-refractivity contribution is 1.58. The summed E-state index contributed by atoms with van der Waals surface area (Å²) in [6.07, 6.45) is 0. The summed E-state index contributed by atoms with van der Waals surface area (Å²) in [5, 5.41) is 3.91. The second kappa shape index (κ2) is 4.81.